The zero-order valence-electron chi connectivity index (χ0n) is 11.4. The highest BCUT2D eigenvalue weighted by Crippen LogP contribution is 2.23. The Labute approximate surface area is 111 Å². The lowest BCUT2D eigenvalue weighted by atomic mass is 9.95. The number of nitrogens with zero attached hydrogens (tertiary/aromatic N) is 2. The van der Waals surface area contributed by atoms with Gasteiger partial charge in [-0.25, -0.2) is 0 Å². The molecule has 0 spiro atoms. The van der Waals surface area contributed by atoms with E-state index in [1.807, 2.05) is 0 Å². The average Bonchev–Trinajstić information content (AvgIpc) is 2.86. The van der Waals surface area contributed by atoms with Gasteiger partial charge in [0.1, 0.15) is 0 Å². The molecule has 0 aromatic rings. The second-order valence-electron chi connectivity index (χ2n) is 5.40. The number of hydrogen-bond acceptors (Lipinski definition) is 3. The monoisotopic (exact) mass is 275 g/mol. The summed E-state index contributed by atoms with van der Waals surface area (Å²) in [4.78, 5) is 0. The van der Waals surface area contributed by atoms with E-state index in [-0.39, 0.29) is 0 Å². The van der Waals surface area contributed by atoms with Crippen LogP contribution in [-0.2, 0) is 10.2 Å². The van der Waals surface area contributed by atoms with Gasteiger partial charge in [-0.05, 0) is 31.7 Å². The van der Waals surface area contributed by atoms with Crippen LogP contribution < -0.4 is 5.32 Å². The Balaban J connectivity index is 1.98. The summed E-state index contributed by atoms with van der Waals surface area (Å²) in [6, 6.07) is 0.458. The van der Waals surface area contributed by atoms with Crippen LogP contribution in [0.2, 0.25) is 0 Å². The van der Waals surface area contributed by atoms with E-state index < -0.39 is 10.2 Å². The van der Waals surface area contributed by atoms with Gasteiger partial charge >= 0.3 is 0 Å². The minimum absolute atomic E-state index is 0.385. The average molecular weight is 275 g/mol. The smallest absolute Gasteiger partial charge is 0.281 e. The van der Waals surface area contributed by atoms with Gasteiger partial charge in [0.2, 0.25) is 0 Å². The first-order valence-electron chi connectivity index (χ1n) is 7.04. The normalized spacial score (nSPS) is 31.9. The molecule has 106 valence electrons. The van der Waals surface area contributed by atoms with Crippen LogP contribution in [0.15, 0.2) is 0 Å². The van der Waals surface area contributed by atoms with Gasteiger partial charge in [0, 0.05) is 32.2 Å². The molecule has 2 fully saturated rings. The second kappa shape index (κ2) is 5.86. The van der Waals surface area contributed by atoms with E-state index in [1.54, 1.807) is 8.61 Å². The van der Waals surface area contributed by atoms with Crippen molar-refractivity contribution in [1.82, 2.24) is 13.9 Å². The van der Waals surface area contributed by atoms with Gasteiger partial charge in [0.05, 0.1) is 0 Å². The van der Waals surface area contributed by atoms with Crippen molar-refractivity contribution in [3.05, 3.63) is 0 Å². The fraction of sp³-hybridized carbons (Fsp3) is 1.00. The highest BCUT2D eigenvalue weighted by atomic mass is 32.2. The van der Waals surface area contributed by atoms with E-state index in [0.29, 0.717) is 38.1 Å². The standard InChI is InChI=1S/C12H25N3O2S/c1-3-13-12-6-9-15(10-11(12)2)18(16,17)14-7-4-5-8-14/h11-13H,3-10H2,1-2H3. The van der Waals surface area contributed by atoms with Crippen molar-refractivity contribution in [2.45, 2.75) is 39.2 Å². The van der Waals surface area contributed by atoms with Gasteiger partial charge in [0.25, 0.3) is 10.2 Å². The van der Waals surface area contributed by atoms with Gasteiger partial charge in [-0.3, -0.25) is 0 Å². The van der Waals surface area contributed by atoms with E-state index in [2.05, 4.69) is 19.2 Å². The number of piperidine rings is 1. The Hall–Kier alpha value is -0.170. The second-order valence-corrected chi connectivity index (χ2v) is 7.33. The molecule has 2 saturated heterocycles. The van der Waals surface area contributed by atoms with E-state index >= 15 is 0 Å². The maximum Gasteiger partial charge on any atom is 0.281 e. The third-order valence-electron chi connectivity index (χ3n) is 4.05. The Morgan fingerprint density at radius 1 is 1.17 bits per heavy atom. The third-order valence-corrected chi connectivity index (χ3v) is 6.05. The molecular formula is C12H25N3O2S. The Morgan fingerprint density at radius 2 is 1.83 bits per heavy atom. The van der Waals surface area contributed by atoms with Crippen LogP contribution in [-0.4, -0.2) is 55.8 Å². The zero-order valence-corrected chi connectivity index (χ0v) is 12.2. The molecule has 5 nitrogen and oxygen atoms in total. The molecule has 2 atom stereocenters. The molecule has 0 amide bonds. The van der Waals surface area contributed by atoms with E-state index in [0.717, 1.165) is 25.8 Å². The van der Waals surface area contributed by atoms with Gasteiger partial charge in [-0.2, -0.15) is 17.0 Å². The van der Waals surface area contributed by atoms with Crippen LogP contribution in [0, 0.1) is 5.92 Å². The van der Waals surface area contributed by atoms with Crippen LogP contribution in [0.25, 0.3) is 0 Å². The highest BCUT2D eigenvalue weighted by molar-refractivity contribution is 7.86. The van der Waals surface area contributed by atoms with Gasteiger partial charge < -0.3 is 5.32 Å². The van der Waals surface area contributed by atoms with Crippen molar-refractivity contribution < 1.29 is 8.42 Å². The van der Waals surface area contributed by atoms with Crippen molar-refractivity contribution in [3.8, 4) is 0 Å². The topological polar surface area (TPSA) is 52.7 Å². The molecule has 18 heavy (non-hydrogen) atoms. The lowest BCUT2D eigenvalue weighted by Crippen LogP contribution is -2.53. The van der Waals surface area contributed by atoms with E-state index in [1.165, 1.54) is 0 Å². The number of rotatable bonds is 4. The number of nitrogens with one attached hydrogen (secondary N) is 1. The van der Waals surface area contributed by atoms with Crippen LogP contribution in [0.3, 0.4) is 0 Å². The molecule has 2 aliphatic heterocycles. The lowest BCUT2D eigenvalue weighted by molar-refractivity contribution is 0.213. The molecule has 0 saturated carbocycles. The molecule has 0 aromatic carbocycles. The maximum absolute atomic E-state index is 12.4. The summed E-state index contributed by atoms with van der Waals surface area (Å²) in [5.74, 6) is 0.385. The highest BCUT2D eigenvalue weighted by Gasteiger charge is 2.36. The summed E-state index contributed by atoms with van der Waals surface area (Å²) in [5.41, 5.74) is 0. The molecule has 2 unspecified atom stereocenters. The van der Waals surface area contributed by atoms with Crippen LogP contribution >= 0.6 is 0 Å². The molecule has 0 aliphatic carbocycles. The van der Waals surface area contributed by atoms with Gasteiger partial charge in [-0.15, -0.1) is 0 Å². The summed E-state index contributed by atoms with van der Waals surface area (Å²) in [5, 5.41) is 3.44. The predicted molar refractivity (Wildman–Crippen MR) is 72.5 cm³/mol. The quantitative estimate of drug-likeness (QED) is 0.819. The van der Waals surface area contributed by atoms with E-state index in [9.17, 15) is 8.42 Å². The molecule has 2 rings (SSSR count). The van der Waals surface area contributed by atoms with Crippen LogP contribution in [0.4, 0.5) is 0 Å². The fourth-order valence-corrected chi connectivity index (χ4v) is 4.77. The molecule has 0 aromatic heterocycles. The summed E-state index contributed by atoms with van der Waals surface area (Å²) >= 11 is 0. The largest absolute Gasteiger partial charge is 0.314 e. The lowest BCUT2D eigenvalue weighted by Gasteiger charge is -2.38. The third kappa shape index (κ3) is 2.87. The van der Waals surface area contributed by atoms with Gasteiger partial charge in [0.15, 0.2) is 0 Å². The molecule has 2 heterocycles. The summed E-state index contributed by atoms with van der Waals surface area (Å²) in [7, 11) is -3.19. The molecule has 2 aliphatic rings. The molecule has 6 heteroatoms. The molecule has 1 N–H and O–H groups in total. The molecule has 0 radical (unpaired) electrons. The first-order chi connectivity index (χ1) is 8.55. The van der Waals surface area contributed by atoms with Crippen molar-refractivity contribution in [2.75, 3.05) is 32.7 Å². The minimum Gasteiger partial charge on any atom is -0.314 e. The minimum atomic E-state index is -3.19. The summed E-state index contributed by atoms with van der Waals surface area (Å²) in [6.45, 7) is 7.89. The first kappa shape index (κ1) is 14.2. The molecular weight excluding hydrogens is 250 g/mol. The zero-order chi connectivity index (χ0) is 13.2. The Kier molecular flexibility index (Phi) is 4.64. The summed E-state index contributed by atoms with van der Waals surface area (Å²) < 4.78 is 28.2. The fourth-order valence-electron chi connectivity index (χ4n) is 2.96. The van der Waals surface area contributed by atoms with Crippen LogP contribution in [0.1, 0.15) is 33.1 Å². The Morgan fingerprint density at radius 3 is 2.39 bits per heavy atom. The Bertz CT molecular complexity index is 366. The number of hydrogen-bond donors (Lipinski definition) is 1. The maximum atomic E-state index is 12.4. The van der Waals surface area contributed by atoms with Crippen molar-refractivity contribution in [2.24, 2.45) is 5.92 Å². The van der Waals surface area contributed by atoms with E-state index in [4.69, 9.17) is 0 Å². The predicted octanol–water partition coefficient (Wildman–Crippen LogP) is 0.647. The van der Waals surface area contributed by atoms with Crippen molar-refractivity contribution >= 4 is 10.2 Å². The van der Waals surface area contributed by atoms with Crippen molar-refractivity contribution in [3.63, 3.8) is 0 Å². The SMILES string of the molecule is CCNC1CCN(S(=O)(=O)N2CCCC2)CC1C. The first-order valence-corrected chi connectivity index (χ1v) is 8.44. The summed E-state index contributed by atoms with van der Waals surface area (Å²) in [6.07, 6.45) is 2.92. The van der Waals surface area contributed by atoms with Crippen molar-refractivity contribution in [1.29, 1.82) is 0 Å². The molecule has 0 bridgehead atoms. The van der Waals surface area contributed by atoms with Gasteiger partial charge in [-0.1, -0.05) is 13.8 Å². The van der Waals surface area contributed by atoms with Crippen LogP contribution in [0.5, 0.6) is 0 Å².